The number of ether oxygens (including phenoxy) is 2. The number of alkyl halides is 3. The van der Waals surface area contributed by atoms with Crippen molar-refractivity contribution < 1.29 is 32.2 Å². The quantitative estimate of drug-likeness (QED) is 0.631. The monoisotopic (exact) mass is 539 g/mol. The largest absolute Gasteiger partial charge is 0.417 e. The van der Waals surface area contributed by atoms with Gasteiger partial charge in [-0.25, -0.2) is 4.79 Å². The molecule has 3 aliphatic heterocycles. The third-order valence-electron chi connectivity index (χ3n) is 8.66. The number of methoxy groups -OCH3 is 1. The number of aromatic nitrogens is 1. The second kappa shape index (κ2) is 10.3. The molecule has 0 aromatic carbocycles. The van der Waals surface area contributed by atoms with Crippen molar-refractivity contribution in [1.29, 1.82) is 0 Å². The Labute approximate surface area is 220 Å². The molecule has 5 atom stereocenters. The van der Waals surface area contributed by atoms with E-state index in [0.717, 1.165) is 25.1 Å². The second-order valence-corrected chi connectivity index (χ2v) is 11.3. The normalized spacial score (nSPS) is 31.2. The lowest BCUT2D eigenvalue weighted by Gasteiger charge is -2.38. The van der Waals surface area contributed by atoms with Crippen LogP contribution in [0, 0.1) is 11.3 Å². The fourth-order valence-electron chi connectivity index (χ4n) is 6.76. The van der Waals surface area contributed by atoms with Crippen molar-refractivity contribution in [3.8, 4) is 0 Å². The van der Waals surface area contributed by atoms with Gasteiger partial charge in [0.15, 0.2) is 0 Å². The molecule has 1 N–H and O–H groups in total. The Morgan fingerprint density at radius 1 is 1.29 bits per heavy atom. The summed E-state index contributed by atoms with van der Waals surface area (Å²) in [4.78, 5) is 36.1. The molecule has 12 heteroatoms. The topological polar surface area (TPSA) is 87.2 Å². The van der Waals surface area contributed by atoms with Crippen LogP contribution in [0.3, 0.4) is 0 Å². The number of carbonyl (C=O) groups is 2. The maximum Gasteiger partial charge on any atom is 0.417 e. The van der Waals surface area contributed by atoms with Crippen LogP contribution in [0.25, 0.3) is 0 Å². The van der Waals surface area contributed by atoms with Gasteiger partial charge in [0, 0.05) is 84.4 Å². The van der Waals surface area contributed by atoms with Gasteiger partial charge < -0.3 is 29.5 Å². The molecule has 210 valence electrons. The minimum absolute atomic E-state index is 0.0433. The Kier molecular flexibility index (Phi) is 7.34. The van der Waals surface area contributed by atoms with Crippen molar-refractivity contribution in [2.45, 2.75) is 56.6 Å². The van der Waals surface area contributed by atoms with Gasteiger partial charge in [0.1, 0.15) is 0 Å². The van der Waals surface area contributed by atoms with Gasteiger partial charge in [0.25, 0.3) is 0 Å². The third-order valence-corrected chi connectivity index (χ3v) is 8.66. The Morgan fingerprint density at radius 2 is 2.08 bits per heavy atom. The van der Waals surface area contributed by atoms with Crippen LogP contribution in [0.4, 0.5) is 18.0 Å². The molecule has 0 bridgehead atoms. The zero-order chi connectivity index (χ0) is 27.2. The number of urea groups is 1. The van der Waals surface area contributed by atoms with E-state index in [4.69, 9.17) is 9.47 Å². The molecule has 4 aliphatic rings. The number of carbonyl (C=O) groups excluding carboxylic acids is 2. The van der Waals surface area contributed by atoms with Gasteiger partial charge in [0.2, 0.25) is 5.91 Å². The molecule has 5 unspecified atom stereocenters. The molecule has 4 heterocycles. The summed E-state index contributed by atoms with van der Waals surface area (Å²) in [6.07, 6.45) is -1.19. The third kappa shape index (κ3) is 4.98. The zero-order valence-corrected chi connectivity index (χ0v) is 22.1. The van der Waals surface area contributed by atoms with E-state index in [1.165, 1.54) is 4.90 Å². The van der Waals surface area contributed by atoms with E-state index in [2.05, 4.69) is 10.3 Å². The minimum atomic E-state index is -4.49. The highest BCUT2D eigenvalue weighted by Gasteiger charge is 2.60. The Hall–Kier alpha value is -2.44. The Bertz CT molecular complexity index is 1070. The van der Waals surface area contributed by atoms with E-state index in [0.29, 0.717) is 56.9 Å². The summed E-state index contributed by atoms with van der Waals surface area (Å²) in [5.74, 6) is -0.127. The summed E-state index contributed by atoms with van der Waals surface area (Å²) in [6, 6.07) is 1.15. The summed E-state index contributed by atoms with van der Waals surface area (Å²) in [5.41, 5.74) is -0.559. The number of hydrogen-bond acceptors (Lipinski definition) is 6. The van der Waals surface area contributed by atoms with Crippen LogP contribution in [0.1, 0.15) is 36.1 Å². The van der Waals surface area contributed by atoms with Gasteiger partial charge in [-0.2, -0.15) is 13.2 Å². The van der Waals surface area contributed by atoms with Gasteiger partial charge in [-0.3, -0.25) is 9.78 Å². The number of nitrogens with zero attached hydrogens (tertiary/aromatic N) is 4. The molecule has 3 fully saturated rings. The van der Waals surface area contributed by atoms with Crippen molar-refractivity contribution >= 4 is 11.9 Å². The van der Waals surface area contributed by atoms with E-state index in [-0.39, 0.29) is 42.6 Å². The first-order valence-electron chi connectivity index (χ1n) is 13.2. The van der Waals surface area contributed by atoms with Crippen molar-refractivity contribution in [2.24, 2.45) is 11.3 Å². The van der Waals surface area contributed by atoms with Crippen LogP contribution < -0.4 is 5.32 Å². The standard InChI is InChI=1S/C26H36F3N5O4/c1-32(2)24(36)34-13-18-9-19(31-21-5-7-38-14-22(21)37-3)10-25(18,15-34)23(35)33-6-4-20-16(12-33)8-17(11-30-20)26(27,28)29/h8,11,18-19,21-22,31H,4-7,9-10,12-15H2,1-3H3. The number of likely N-dealkylation sites (tertiary alicyclic amines) is 1. The number of nitrogens with one attached hydrogen (secondary N) is 1. The SMILES string of the molecule is COC1COCCC1NC1CC2CN(C(=O)N(C)C)CC2(C(=O)N2CCc3ncc(C(F)(F)F)cc3C2)C1. The lowest BCUT2D eigenvalue weighted by Crippen LogP contribution is -2.52. The maximum atomic E-state index is 14.3. The highest BCUT2D eigenvalue weighted by atomic mass is 19.4. The molecule has 1 saturated carbocycles. The van der Waals surface area contributed by atoms with E-state index in [1.54, 1.807) is 31.0 Å². The van der Waals surface area contributed by atoms with Crippen molar-refractivity contribution in [2.75, 3.05) is 54.1 Å². The number of rotatable bonds is 4. The molecule has 0 radical (unpaired) electrons. The molecule has 5 rings (SSSR count). The molecule has 0 spiro atoms. The molecular weight excluding hydrogens is 503 g/mol. The summed E-state index contributed by atoms with van der Waals surface area (Å²) < 4.78 is 51.1. The first-order chi connectivity index (χ1) is 18.0. The predicted molar refractivity (Wildman–Crippen MR) is 131 cm³/mol. The number of amides is 3. The Morgan fingerprint density at radius 3 is 2.79 bits per heavy atom. The van der Waals surface area contributed by atoms with E-state index in [9.17, 15) is 22.8 Å². The lowest BCUT2D eigenvalue weighted by molar-refractivity contribution is -0.143. The van der Waals surface area contributed by atoms with Crippen LogP contribution in [-0.4, -0.2) is 104 Å². The van der Waals surface area contributed by atoms with Crippen LogP contribution in [0.15, 0.2) is 12.3 Å². The molecule has 9 nitrogen and oxygen atoms in total. The van der Waals surface area contributed by atoms with Crippen molar-refractivity contribution in [1.82, 2.24) is 25.0 Å². The number of fused-ring (bicyclic) bond motifs is 2. The van der Waals surface area contributed by atoms with Gasteiger partial charge in [0.05, 0.1) is 23.7 Å². The van der Waals surface area contributed by atoms with Crippen LogP contribution in [-0.2, 0) is 33.4 Å². The molecule has 1 aromatic rings. The molecular formula is C26H36F3N5O4. The average Bonchev–Trinajstić information content (AvgIpc) is 3.41. The molecule has 1 aliphatic carbocycles. The molecule has 38 heavy (non-hydrogen) atoms. The van der Waals surface area contributed by atoms with E-state index >= 15 is 0 Å². The Balaban J connectivity index is 1.38. The fourth-order valence-corrected chi connectivity index (χ4v) is 6.76. The minimum Gasteiger partial charge on any atom is -0.379 e. The van der Waals surface area contributed by atoms with Gasteiger partial charge >= 0.3 is 12.2 Å². The van der Waals surface area contributed by atoms with Crippen LogP contribution in [0.2, 0.25) is 0 Å². The fraction of sp³-hybridized carbons (Fsp3) is 0.731. The molecule has 2 saturated heterocycles. The number of halogens is 3. The van der Waals surface area contributed by atoms with Crippen molar-refractivity contribution in [3.63, 3.8) is 0 Å². The van der Waals surface area contributed by atoms with E-state index in [1.807, 2.05) is 0 Å². The number of hydrogen-bond donors (Lipinski definition) is 1. The second-order valence-electron chi connectivity index (χ2n) is 11.3. The summed E-state index contributed by atoms with van der Waals surface area (Å²) in [7, 11) is 5.05. The highest BCUT2D eigenvalue weighted by Crippen LogP contribution is 2.51. The first-order valence-corrected chi connectivity index (χ1v) is 13.2. The lowest BCUT2D eigenvalue weighted by atomic mass is 9.78. The van der Waals surface area contributed by atoms with Gasteiger partial charge in [-0.15, -0.1) is 0 Å². The number of pyridine rings is 1. The summed E-state index contributed by atoms with van der Waals surface area (Å²) >= 11 is 0. The average molecular weight is 540 g/mol. The summed E-state index contributed by atoms with van der Waals surface area (Å²) in [5, 5.41) is 3.71. The molecule has 3 amide bonds. The maximum absolute atomic E-state index is 14.3. The van der Waals surface area contributed by atoms with E-state index < -0.39 is 17.2 Å². The highest BCUT2D eigenvalue weighted by molar-refractivity contribution is 5.86. The van der Waals surface area contributed by atoms with Gasteiger partial charge in [-0.1, -0.05) is 0 Å². The molecule has 1 aromatic heterocycles. The van der Waals surface area contributed by atoms with Gasteiger partial charge in [-0.05, 0) is 36.8 Å². The summed E-state index contributed by atoms with van der Waals surface area (Å²) in [6.45, 7) is 2.42. The van der Waals surface area contributed by atoms with Crippen molar-refractivity contribution in [3.05, 3.63) is 29.1 Å². The predicted octanol–water partition coefficient (Wildman–Crippen LogP) is 2.14. The smallest absolute Gasteiger partial charge is 0.379 e. The van der Waals surface area contributed by atoms with Crippen LogP contribution >= 0.6 is 0 Å². The van der Waals surface area contributed by atoms with Crippen LogP contribution in [0.5, 0.6) is 0 Å². The zero-order valence-electron chi connectivity index (χ0n) is 22.1. The first kappa shape index (κ1) is 27.1.